The van der Waals surface area contributed by atoms with Crippen LogP contribution in [0.4, 0.5) is 5.82 Å². The quantitative estimate of drug-likeness (QED) is 0.830. The van der Waals surface area contributed by atoms with Crippen molar-refractivity contribution in [2.45, 2.75) is 39.0 Å². The summed E-state index contributed by atoms with van der Waals surface area (Å²) >= 11 is 0. The molecule has 1 unspecified atom stereocenters. The lowest BCUT2D eigenvalue weighted by molar-refractivity contribution is -0.133. The molecule has 2 aromatic heterocycles. The largest absolute Gasteiger partial charge is 0.353 e. The summed E-state index contributed by atoms with van der Waals surface area (Å²) in [4.78, 5) is 30.8. The van der Waals surface area contributed by atoms with E-state index in [1.54, 1.807) is 0 Å². The van der Waals surface area contributed by atoms with Gasteiger partial charge in [0.1, 0.15) is 11.6 Å². The number of amides is 1. The lowest BCUT2D eigenvalue weighted by Gasteiger charge is -2.37. The highest BCUT2D eigenvalue weighted by Crippen LogP contribution is 2.31. The maximum atomic E-state index is 13.1. The third kappa shape index (κ3) is 3.28. The standard InChI is InChI=1S/C20H25N5O/c1-14-13-18(23-15(2)22-14)24-9-11-25(12-10-24)20(26)17-7-3-5-16-6-4-8-21-19(16)17/h4,6,8,13,17H,3,5,7,9-12H2,1-2H3. The first kappa shape index (κ1) is 16.9. The zero-order valence-electron chi connectivity index (χ0n) is 15.5. The Morgan fingerprint density at radius 2 is 1.96 bits per heavy atom. The second kappa shape index (κ2) is 7.02. The van der Waals surface area contributed by atoms with Gasteiger partial charge in [0.2, 0.25) is 5.91 Å². The summed E-state index contributed by atoms with van der Waals surface area (Å²) in [7, 11) is 0. The van der Waals surface area contributed by atoms with Gasteiger partial charge < -0.3 is 9.80 Å². The second-order valence-corrected chi connectivity index (χ2v) is 7.22. The fourth-order valence-corrected chi connectivity index (χ4v) is 4.09. The van der Waals surface area contributed by atoms with E-state index in [0.29, 0.717) is 0 Å². The van der Waals surface area contributed by atoms with Gasteiger partial charge in [-0.3, -0.25) is 9.78 Å². The van der Waals surface area contributed by atoms with Gasteiger partial charge in [0.25, 0.3) is 0 Å². The highest BCUT2D eigenvalue weighted by Gasteiger charge is 2.32. The molecule has 0 radical (unpaired) electrons. The molecule has 1 aliphatic carbocycles. The molecule has 3 heterocycles. The number of fused-ring (bicyclic) bond motifs is 1. The summed E-state index contributed by atoms with van der Waals surface area (Å²) in [5.41, 5.74) is 3.21. The Morgan fingerprint density at radius 1 is 1.15 bits per heavy atom. The van der Waals surface area contributed by atoms with Crippen LogP contribution in [0, 0.1) is 13.8 Å². The molecule has 0 aromatic carbocycles. The van der Waals surface area contributed by atoms with Crippen molar-refractivity contribution in [1.29, 1.82) is 0 Å². The number of aromatic nitrogens is 3. The lowest BCUT2D eigenvalue weighted by Crippen LogP contribution is -2.50. The van der Waals surface area contributed by atoms with Gasteiger partial charge >= 0.3 is 0 Å². The van der Waals surface area contributed by atoms with Crippen LogP contribution in [0.15, 0.2) is 24.4 Å². The number of anilines is 1. The molecular formula is C20H25N5O. The van der Waals surface area contributed by atoms with Gasteiger partial charge in [0.15, 0.2) is 0 Å². The summed E-state index contributed by atoms with van der Waals surface area (Å²) in [5, 5.41) is 0. The minimum atomic E-state index is -0.0740. The molecule has 26 heavy (non-hydrogen) atoms. The van der Waals surface area contributed by atoms with Crippen molar-refractivity contribution in [2.75, 3.05) is 31.1 Å². The van der Waals surface area contributed by atoms with Gasteiger partial charge in [-0.25, -0.2) is 9.97 Å². The van der Waals surface area contributed by atoms with Crippen molar-refractivity contribution in [3.05, 3.63) is 47.2 Å². The molecule has 1 fully saturated rings. The van der Waals surface area contributed by atoms with Crippen LogP contribution >= 0.6 is 0 Å². The number of rotatable bonds is 2. The molecule has 0 bridgehead atoms. The van der Waals surface area contributed by atoms with E-state index in [4.69, 9.17) is 0 Å². The molecule has 0 spiro atoms. The van der Waals surface area contributed by atoms with Crippen molar-refractivity contribution in [1.82, 2.24) is 19.9 Å². The first-order valence-corrected chi connectivity index (χ1v) is 9.41. The minimum Gasteiger partial charge on any atom is -0.353 e. The number of hydrogen-bond donors (Lipinski definition) is 0. The number of piperazine rings is 1. The third-order valence-electron chi connectivity index (χ3n) is 5.36. The van der Waals surface area contributed by atoms with Crippen molar-refractivity contribution in [3.8, 4) is 0 Å². The minimum absolute atomic E-state index is 0.0740. The van der Waals surface area contributed by atoms with E-state index in [-0.39, 0.29) is 11.8 Å². The van der Waals surface area contributed by atoms with Crippen molar-refractivity contribution in [3.63, 3.8) is 0 Å². The van der Waals surface area contributed by atoms with Gasteiger partial charge in [0.05, 0.1) is 11.6 Å². The highest BCUT2D eigenvalue weighted by atomic mass is 16.2. The molecule has 136 valence electrons. The van der Waals surface area contributed by atoms with E-state index in [9.17, 15) is 4.79 Å². The van der Waals surface area contributed by atoms with Crippen LogP contribution in [-0.2, 0) is 11.2 Å². The van der Waals surface area contributed by atoms with Gasteiger partial charge in [-0.05, 0) is 44.7 Å². The molecule has 1 saturated heterocycles. The monoisotopic (exact) mass is 351 g/mol. The average Bonchev–Trinajstić information content (AvgIpc) is 2.66. The number of carbonyl (C=O) groups is 1. The average molecular weight is 351 g/mol. The number of nitrogens with zero attached hydrogens (tertiary/aromatic N) is 5. The van der Waals surface area contributed by atoms with Crippen LogP contribution in [0.3, 0.4) is 0 Å². The van der Waals surface area contributed by atoms with Crippen LogP contribution in [0.25, 0.3) is 0 Å². The van der Waals surface area contributed by atoms with E-state index in [1.807, 2.05) is 37.1 Å². The van der Waals surface area contributed by atoms with E-state index < -0.39 is 0 Å². The van der Waals surface area contributed by atoms with E-state index in [1.165, 1.54) is 5.56 Å². The molecule has 2 aliphatic rings. The summed E-state index contributed by atoms with van der Waals surface area (Å²) in [6.45, 7) is 7.00. The Balaban J connectivity index is 1.44. The third-order valence-corrected chi connectivity index (χ3v) is 5.36. The molecule has 6 nitrogen and oxygen atoms in total. The Morgan fingerprint density at radius 3 is 2.73 bits per heavy atom. The second-order valence-electron chi connectivity index (χ2n) is 7.22. The van der Waals surface area contributed by atoms with Crippen LogP contribution in [-0.4, -0.2) is 51.9 Å². The van der Waals surface area contributed by atoms with Gasteiger partial charge in [0, 0.05) is 44.1 Å². The Kier molecular flexibility index (Phi) is 4.57. The first-order valence-electron chi connectivity index (χ1n) is 9.41. The Hall–Kier alpha value is -2.50. The summed E-state index contributed by atoms with van der Waals surface area (Å²) in [6.07, 6.45) is 4.82. The topological polar surface area (TPSA) is 62.2 Å². The van der Waals surface area contributed by atoms with Gasteiger partial charge in [-0.2, -0.15) is 0 Å². The predicted molar refractivity (Wildman–Crippen MR) is 100 cm³/mol. The maximum absolute atomic E-state index is 13.1. The number of aryl methyl sites for hydroxylation is 3. The molecular weight excluding hydrogens is 326 g/mol. The number of hydrogen-bond acceptors (Lipinski definition) is 5. The van der Waals surface area contributed by atoms with Crippen LogP contribution < -0.4 is 4.90 Å². The fraction of sp³-hybridized carbons (Fsp3) is 0.500. The molecule has 4 rings (SSSR count). The molecule has 6 heteroatoms. The smallest absolute Gasteiger partial charge is 0.231 e. The molecule has 0 N–H and O–H groups in total. The van der Waals surface area contributed by atoms with Gasteiger partial charge in [-0.15, -0.1) is 0 Å². The van der Waals surface area contributed by atoms with Crippen LogP contribution in [0.5, 0.6) is 0 Å². The van der Waals surface area contributed by atoms with Crippen LogP contribution in [0.2, 0.25) is 0 Å². The SMILES string of the molecule is Cc1cc(N2CCN(C(=O)C3CCCc4cccnc43)CC2)nc(C)n1. The zero-order valence-corrected chi connectivity index (χ0v) is 15.5. The fourth-order valence-electron chi connectivity index (χ4n) is 4.09. The van der Waals surface area contributed by atoms with Crippen molar-refractivity contribution in [2.24, 2.45) is 0 Å². The molecule has 2 aromatic rings. The molecule has 1 amide bonds. The molecule has 1 atom stereocenters. The van der Waals surface area contributed by atoms with E-state index >= 15 is 0 Å². The lowest BCUT2D eigenvalue weighted by atomic mass is 9.85. The first-order chi connectivity index (χ1) is 12.6. The molecule has 0 saturated carbocycles. The molecule has 1 aliphatic heterocycles. The van der Waals surface area contributed by atoms with Crippen LogP contribution in [0.1, 0.15) is 41.5 Å². The van der Waals surface area contributed by atoms with Gasteiger partial charge in [-0.1, -0.05) is 6.07 Å². The Bertz CT molecular complexity index is 793. The van der Waals surface area contributed by atoms with E-state index in [2.05, 4.69) is 25.9 Å². The number of carbonyl (C=O) groups excluding carboxylic acids is 1. The number of pyridine rings is 1. The zero-order chi connectivity index (χ0) is 18.1. The van der Waals surface area contributed by atoms with Crippen molar-refractivity contribution < 1.29 is 4.79 Å². The summed E-state index contributed by atoms with van der Waals surface area (Å²) in [5.74, 6) is 1.92. The summed E-state index contributed by atoms with van der Waals surface area (Å²) < 4.78 is 0. The summed E-state index contributed by atoms with van der Waals surface area (Å²) in [6, 6.07) is 6.10. The normalized spacial score (nSPS) is 20.0. The predicted octanol–water partition coefficient (Wildman–Crippen LogP) is 2.26. The van der Waals surface area contributed by atoms with Crippen molar-refractivity contribution >= 4 is 11.7 Å². The highest BCUT2D eigenvalue weighted by molar-refractivity contribution is 5.84. The Labute approximate surface area is 154 Å². The maximum Gasteiger partial charge on any atom is 0.231 e. The van der Waals surface area contributed by atoms with E-state index in [0.717, 1.165) is 68.5 Å².